The molecule has 2 unspecified atom stereocenters. The van der Waals surface area contributed by atoms with Gasteiger partial charge in [0.25, 0.3) is 7.41 Å². The number of hydrogen-bond donors (Lipinski definition) is 0. The van der Waals surface area contributed by atoms with Gasteiger partial charge in [0.1, 0.15) is 5.58 Å². The molecule has 145 valence electrons. The number of hydrogen-bond acceptors (Lipinski definition) is 6. The highest BCUT2D eigenvalue weighted by Crippen LogP contribution is 2.39. The first-order chi connectivity index (χ1) is 13.6. The first-order valence-corrected chi connectivity index (χ1v) is 10.3. The van der Waals surface area contributed by atoms with Gasteiger partial charge in [-0.1, -0.05) is 28.8 Å². The lowest BCUT2D eigenvalue weighted by Gasteiger charge is -2.31. The fourth-order valence-corrected chi connectivity index (χ4v) is 4.83. The molecule has 2 aromatic rings. The van der Waals surface area contributed by atoms with Gasteiger partial charge in [-0.25, -0.2) is 0 Å². The molecule has 1 saturated carbocycles. The van der Waals surface area contributed by atoms with Crippen LogP contribution in [0.2, 0.25) is 0 Å². The molecule has 0 amide bonds. The molecule has 2 aliphatic rings. The van der Waals surface area contributed by atoms with E-state index in [9.17, 15) is 14.4 Å². The third-order valence-electron chi connectivity index (χ3n) is 5.74. The molecule has 6 nitrogen and oxygen atoms in total. The molecule has 0 bridgehead atoms. The van der Waals surface area contributed by atoms with E-state index in [0.717, 1.165) is 41.7 Å². The quantitative estimate of drug-likeness (QED) is 0.294. The van der Waals surface area contributed by atoms with Gasteiger partial charge in [-0.15, -0.1) is 0 Å². The first kappa shape index (κ1) is 19.4. The highest BCUT2D eigenvalue weighted by Gasteiger charge is 2.45. The van der Waals surface area contributed by atoms with Crippen molar-refractivity contribution in [3.05, 3.63) is 34.5 Å². The maximum absolute atomic E-state index is 12.6. The average Bonchev–Trinajstić information content (AvgIpc) is 3.28. The summed E-state index contributed by atoms with van der Waals surface area (Å²) >= 11 is 3.38. The van der Waals surface area contributed by atoms with Crippen LogP contribution in [0.1, 0.15) is 42.7 Å². The van der Waals surface area contributed by atoms with E-state index in [1.165, 1.54) is 7.41 Å². The van der Waals surface area contributed by atoms with E-state index >= 15 is 0 Å². The molecule has 1 aliphatic heterocycles. The Morgan fingerprint density at radius 3 is 2.93 bits per heavy atom. The van der Waals surface area contributed by atoms with Crippen molar-refractivity contribution in [2.45, 2.75) is 44.2 Å². The van der Waals surface area contributed by atoms with E-state index in [1.54, 1.807) is 12.1 Å². The van der Waals surface area contributed by atoms with Crippen molar-refractivity contribution in [3.63, 3.8) is 0 Å². The van der Waals surface area contributed by atoms with E-state index in [0.29, 0.717) is 17.9 Å². The van der Waals surface area contributed by atoms with E-state index in [1.807, 2.05) is 16.9 Å². The summed E-state index contributed by atoms with van der Waals surface area (Å²) in [6.45, 7) is -0.374. The number of benzene rings is 1. The van der Waals surface area contributed by atoms with E-state index in [-0.39, 0.29) is 24.2 Å². The molecule has 8 heteroatoms. The highest BCUT2D eigenvalue weighted by molar-refractivity contribution is 9.10. The number of nitrogens with zero attached hydrogens (tertiary/aromatic N) is 1. The summed E-state index contributed by atoms with van der Waals surface area (Å²) in [7, 11) is 1.45. The number of carbonyl (C=O) groups excluding carboxylic acids is 3. The van der Waals surface area contributed by atoms with Crippen molar-refractivity contribution >= 4 is 52.3 Å². The molecule has 4 rings (SSSR count). The van der Waals surface area contributed by atoms with Crippen LogP contribution in [0.15, 0.2) is 33.2 Å². The first-order valence-electron chi connectivity index (χ1n) is 9.52. The summed E-state index contributed by atoms with van der Waals surface area (Å²) in [4.78, 5) is 37.9. The Balaban J connectivity index is 1.41. The molecular formula is C20H20BBrNO5. The Hall–Kier alpha value is -1.93. The standard InChI is InChI=1S/C20H20BBrNO5/c22-14-5-6-18-13(7-14)9-19(28-18)17(25)10-27-20(26)16-8-12-3-1-2-4-15(12)23(16)21-11-24/h5-7,9,11-12,15-16H,1-4,8,10H2/t12?,15?,16-/m0/s1. The summed E-state index contributed by atoms with van der Waals surface area (Å²) in [5, 5.41) is 0.802. The number of ether oxygens (including phenoxy) is 1. The minimum absolute atomic E-state index is 0.164. The third kappa shape index (κ3) is 3.80. The molecule has 1 aromatic heterocycles. The van der Waals surface area contributed by atoms with Gasteiger partial charge in [0.15, 0.2) is 12.4 Å². The summed E-state index contributed by atoms with van der Waals surface area (Å²) < 4.78 is 11.8. The second-order valence-electron chi connectivity index (χ2n) is 7.42. The SMILES string of the molecule is O=C[B]N1C2CCCCC2C[C@H]1C(=O)OCC(=O)c1cc2cc(Br)ccc2o1. The van der Waals surface area contributed by atoms with Crippen LogP contribution in [0.5, 0.6) is 0 Å². The molecule has 1 radical (unpaired) electrons. The Bertz CT molecular complexity index is 913. The van der Waals surface area contributed by atoms with Gasteiger partial charge in [0.2, 0.25) is 5.78 Å². The van der Waals surface area contributed by atoms with Crippen LogP contribution in [-0.2, 0) is 14.3 Å². The van der Waals surface area contributed by atoms with E-state index in [2.05, 4.69) is 15.9 Å². The second kappa shape index (κ2) is 8.21. The van der Waals surface area contributed by atoms with E-state index in [4.69, 9.17) is 9.15 Å². The van der Waals surface area contributed by atoms with Crippen molar-refractivity contribution in [2.24, 2.45) is 5.92 Å². The number of esters is 1. The lowest BCUT2D eigenvalue weighted by Crippen LogP contribution is -2.46. The number of rotatable bonds is 6. The van der Waals surface area contributed by atoms with Gasteiger partial charge >= 0.3 is 5.97 Å². The average molecular weight is 445 g/mol. The third-order valence-corrected chi connectivity index (χ3v) is 6.23. The van der Waals surface area contributed by atoms with Gasteiger partial charge in [-0.3, -0.25) is 9.59 Å². The topological polar surface area (TPSA) is 76.8 Å². The fourth-order valence-electron chi connectivity index (χ4n) is 4.45. The van der Waals surface area contributed by atoms with Crippen LogP contribution >= 0.6 is 15.9 Å². The zero-order chi connectivity index (χ0) is 19.7. The second-order valence-corrected chi connectivity index (χ2v) is 8.34. The minimum atomic E-state index is -0.502. The van der Waals surface area contributed by atoms with Crippen molar-refractivity contribution in [1.29, 1.82) is 0 Å². The molecule has 2 fully saturated rings. The zero-order valence-electron chi connectivity index (χ0n) is 15.3. The number of carbonyl (C=O) groups is 3. The van der Waals surface area contributed by atoms with Gasteiger partial charge in [-0.05, 0) is 49.4 Å². The molecule has 1 aromatic carbocycles. The number of Topliss-reactive ketones (excluding diaryl/α,β-unsaturated/α-hetero) is 1. The minimum Gasteiger partial charge on any atom is -0.456 e. The van der Waals surface area contributed by atoms with Gasteiger partial charge in [0.05, 0.1) is 12.2 Å². The predicted molar refractivity (Wildman–Crippen MR) is 108 cm³/mol. The van der Waals surface area contributed by atoms with Gasteiger partial charge in [0, 0.05) is 15.9 Å². The largest absolute Gasteiger partial charge is 0.456 e. The van der Waals surface area contributed by atoms with Crippen LogP contribution in [0.4, 0.5) is 0 Å². The number of furan rings is 1. The van der Waals surface area contributed by atoms with Crippen molar-refractivity contribution in [3.8, 4) is 0 Å². The van der Waals surface area contributed by atoms with Crippen molar-refractivity contribution < 1.29 is 23.5 Å². The van der Waals surface area contributed by atoms with E-state index < -0.39 is 12.0 Å². The Morgan fingerprint density at radius 2 is 2.11 bits per heavy atom. The lowest BCUT2D eigenvalue weighted by atomic mass is 9.82. The normalized spacial score (nSPS) is 24.7. The zero-order valence-corrected chi connectivity index (χ0v) is 16.9. The van der Waals surface area contributed by atoms with Crippen LogP contribution in [0.25, 0.3) is 11.0 Å². The maximum Gasteiger partial charge on any atom is 0.322 e. The highest BCUT2D eigenvalue weighted by atomic mass is 79.9. The Labute approximate surface area is 172 Å². The van der Waals surface area contributed by atoms with Crippen molar-refractivity contribution in [1.82, 2.24) is 4.81 Å². The Morgan fingerprint density at radius 1 is 1.29 bits per heavy atom. The lowest BCUT2D eigenvalue weighted by molar-refractivity contribution is -0.146. The molecule has 1 aliphatic carbocycles. The maximum atomic E-state index is 12.6. The van der Waals surface area contributed by atoms with Crippen LogP contribution in [0, 0.1) is 5.92 Å². The van der Waals surface area contributed by atoms with Gasteiger partial charge < -0.3 is 18.8 Å². The monoisotopic (exact) mass is 444 g/mol. The Kier molecular flexibility index (Phi) is 5.69. The molecule has 28 heavy (non-hydrogen) atoms. The molecule has 2 heterocycles. The predicted octanol–water partition coefficient (Wildman–Crippen LogP) is 3.36. The number of halogens is 1. The summed E-state index contributed by atoms with van der Waals surface area (Å²) in [6, 6.07) is 6.81. The summed E-state index contributed by atoms with van der Waals surface area (Å²) in [5.41, 5.74) is 0.601. The molecule has 1 saturated heterocycles. The number of fused-ring (bicyclic) bond motifs is 2. The number of ketones is 1. The smallest absolute Gasteiger partial charge is 0.322 e. The van der Waals surface area contributed by atoms with Crippen LogP contribution in [0.3, 0.4) is 0 Å². The molecule has 3 atom stereocenters. The fraction of sp³-hybridized carbons (Fsp3) is 0.450. The van der Waals surface area contributed by atoms with Gasteiger partial charge in [-0.2, -0.15) is 0 Å². The van der Waals surface area contributed by atoms with Crippen molar-refractivity contribution in [2.75, 3.05) is 6.61 Å². The van der Waals surface area contributed by atoms with Crippen LogP contribution < -0.4 is 0 Å². The van der Waals surface area contributed by atoms with Crippen LogP contribution in [-0.4, -0.2) is 48.9 Å². The molecule has 0 spiro atoms. The summed E-state index contributed by atoms with van der Waals surface area (Å²) in [5.74, 6) is -0.286. The molecular weight excluding hydrogens is 425 g/mol. The summed E-state index contributed by atoms with van der Waals surface area (Å²) in [6.07, 6.45) is 5.68. The molecule has 0 N–H and O–H groups in total.